The van der Waals surface area contributed by atoms with Crippen LogP contribution >= 0.6 is 0 Å². The molecule has 3 rings (SSSR count). The molecule has 0 saturated carbocycles. The minimum absolute atomic E-state index is 0.0487. The van der Waals surface area contributed by atoms with Gasteiger partial charge >= 0.3 is 5.63 Å². The Morgan fingerprint density at radius 2 is 1.68 bits per heavy atom. The Balaban J connectivity index is 1.70. The van der Waals surface area contributed by atoms with E-state index in [0.717, 1.165) is 5.39 Å². The molecule has 128 valence electrons. The number of carbonyl (C=O) groups is 1. The van der Waals surface area contributed by atoms with Gasteiger partial charge in [-0.25, -0.2) is 4.79 Å². The van der Waals surface area contributed by atoms with E-state index >= 15 is 0 Å². The fourth-order valence-corrected chi connectivity index (χ4v) is 2.52. The quantitative estimate of drug-likeness (QED) is 0.525. The maximum absolute atomic E-state index is 12.3. The highest BCUT2D eigenvalue weighted by molar-refractivity contribution is 5.97. The summed E-state index contributed by atoms with van der Waals surface area (Å²) in [5.41, 5.74) is 1.86. The molecular weight excluding hydrogens is 316 g/mol. The molecular formula is C21H20O4. The minimum Gasteiger partial charge on any atom is -0.485 e. The van der Waals surface area contributed by atoms with Crippen molar-refractivity contribution in [2.75, 3.05) is 6.61 Å². The van der Waals surface area contributed by atoms with Crippen LogP contribution in [0.1, 0.15) is 36.7 Å². The van der Waals surface area contributed by atoms with Gasteiger partial charge in [0, 0.05) is 23.1 Å². The molecule has 2 aromatic carbocycles. The fraction of sp³-hybridized carbons (Fsp3) is 0.238. The summed E-state index contributed by atoms with van der Waals surface area (Å²) in [7, 11) is 0. The number of Topliss-reactive ketones (excluding diaryl/α,β-unsaturated/α-hetero) is 1. The average Bonchev–Trinajstić information content (AvgIpc) is 2.58. The van der Waals surface area contributed by atoms with Crippen LogP contribution in [0.3, 0.4) is 0 Å². The molecule has 0 aliphatic rings. The summed E-state index contributed by atoms with van der Waals surface area (Å²) < 4.78 is 10.7. The summed E-state index contributed by atoms with van der Waals surface area (Å²) >= 11 is 0. The lowest BCUT2D eigenvalue weighted by Gasteiger charge is -2.19. The van der Waals surface area contributed by atoms with E-state index in [1.165, 1.54) is 11.6 Å². The van der Waals surface area contributed by atoms with Gasteiger partial charge < -0.3 is 9.15 Å². The van der Waals surface area contributed by atoms with Gasteiger partial charge in [0.15, 0.2) is 12.4 Å². The predicted molar refractivity (Wildman–Crippen MR) is 97.5 cm³/mol. The molecule has 3 aromatic rings. The second-order valence-corrected chi connectivity index (χ2v) is 6.99. The Morgan fingerprint density at radius 1 is 1.00 bits per heavy atom. The number of rotatable bonds is 4. The van der Waals surface area contributed by atoms with Crippen molar-refractivity contribution in [3.63, 3.8) is 0 Å². The van der Waals surface area contributed by atoms with Gasteiger partial charge in [0.25, 0.3) is 0 Å². The molecule has 0 bridgehead atoms. The van der Waals surface area contributed by atoms with Gasteiger partial charge in [-0.05, 0) is 29.2 Å². The third-order valence-electron chi connectivity index (χ3n) is 4.04. The Morgan fingerprint density at radius 3 is 2.36 bits per heavy atom. The molecule has 25 heavy (non-hydrogen) atoms. The number of ether oxygens (including phenoxy) is 1. The maximum atomic E-state index is 12.3. The Labute approximate surface area is 146 Å². The largest absolute Gasteiger partial charge is 0.485 e. The summed E-state index contributed by atoms with van der Waals surface area (Å²) in [6.07, 6.45) is 0. The number of fused-ring (bicyclic) bond motifs is 1. The second-order valence-electron chi connectivity index (χ2n) is 6.99. The number of carbonyl (C=O) groups excluding carboxylic acids is 1. The Bertz CT molecular complexity index is 960. The van der Waals surface area contributed by atoms with Crippen LogP contribution in [-0.4, -0.2) is 12.4 Å². The van der Waals surface area contributed by atoms with Crippen LogP contribution in [0.4, 0.5) is 0 Å². The maximum Gasteiger partial charge on any atom is 0.336 e. The standard InChI is InChI=1S/C21H20O4/c1-21(2,3)16-8-4-14(5-9-16)18(22)13-24-17-10-6-15-7-11-20(23)25-19(15)12-17/h4-12H,13H2,1-3H3. The smallest absolute Gasteiger partial charge is 0.336 e. The summed E-state index contributed by atoms with van der Waals surface area (Å²) in [6.45, 7) is 6.32. The van der Waals surface area contributed by atoms with E-state index in [1.54, 1.807) is 24.3 Å². The van der Waals surface area contributed by atoms with Crippen molar-refractivity contribution in [3.8, 4) is 5.75 Å². The van der Waals surface area contributed by atoms with Crippen LogP contribution in [0.5, 0.6) is 5.75 Å². The van der Waals surface area contributed by atoms with Gasteiger partial charge in [-0.1, -0.05) is 45.0 Å². The van der Waals surface area contributed by atoms with Gasteiger partial charge in [0.05, 0.1) is 0 Å². The Hall–Kier alpha value is -2.88. The summed E-state index contributed by atoms with van der Waals surface area (Å²) in [4.78, 5) is 23.6. The minimum atomic E-state index is -0.417. The third kappa shape index (κ3) is 3.97. The SMILES string of the molecule is CC(C)(C)c1ccc(C(=O)COc2ccc3ccc(=O)oc3c2)cc1. The van der Waals surface area contributed by atoms with Gasteiger partial charge in [-0.15, -0.1) is 0 Å². The molecule has 0 radical (unpaired) electrons. The van der Waals surface area contributed by atoms with Crippen molar-refractivity contribution in [2.24, 2.45) is 0 Å². The molecule has 0 unspecified atom stereocenters. The molecule has 4 nitrogen and oxygen atoms in total. The first-order valence-electron chi connectivity index (χ1n) is 8.13. The molecule has 4 heteroatoms. The topological polar surface area (TPSA) is 56.5 Å². The van der Waals surface area contributed by atoms with Gasteiger partial charge in [-0.2, -0.15) is 0 Å². The van der Waals surface area contributed by atoms with Crippen molar-refractivity contribution in [1.29, 1.82) is 0 Å². The van der Waals surface area contributed by atoms with E-state index in [2.05, 4.69) is 20.8 Å². The fourth-order valence-electron chi connectivity index (χ4n) is 2.52. The lowest BCUT2D eigenvalue weighted by Crippen LogP contribution is -2.14. The van der Waals surface area contributed by atoms with Gasteiger partial charge in [0.1, 0.15) is 11.3 Å². The van der Waals surface area contributed by atoms with E-state index in [0.29, 0.717) is 16.9 Å². The van der Waals surface area contributed by atoms with Crippen molar-refractivity contribution in [3.05, 3.63) is 76.1 Å². The lowest BCUT2D eigenvalue weighted by atomic mass is 9.86. The second kappa shape index (κ2) is 6.55. The van der Waals surface area contributed by atoms with Crippen LogP contribution in [0, 0.1) is 0 Å². The zero-order chi connectivity index (χ0) is 18.0. The van der Waals surface area contributed by atoms with E-state index in [-0.39, 0.29) is 17.8 Å². The van der Waals surface area contributed by atoms with E-state index in [1.807, 2.05) is 24.3 Å². The normalized spacial score (nSPS) is 11.5. The van der Waals surface area contributed by atoms with Crippen molar-refractivity contribution >= 4 is 16.8 Å². The number of hydrogen-bond donors (Lipinski definition) is 0. The van der Waals surface area contributed by atoms with Crippen molar-refractivity contribution in [2.45, 2.75) is 26.2 Å². The van der Waals surface area contributed by atoms with Gasteiger partial charge in [0.2, 0.25) is 0 Å². The Kier molecular flexibility index (Phi) is 4.45. The molecule has 0 aliphatic heterocycles. The average molecular weight is 336 g/mol. The number of hydrogen-bond acceptors (Lipinski definition) is 4. The first-order chi connectivity index (χ1) is 11.8. The van der Waals surface area contributed by atoms with Crippen molar-refractivity contribution in [1.82, 2.24) is 0 Å². The number of ketones is 1. The van der Waals surface area contributed by atoms with E-state index < -0.39 is 5.63 Å². The van der Waals surface area contributed by atoms with Crippen LogP contribution in [0.2, 0.25) is 0 Å². The summed E-state index contributed by atoms with van der Waals surface area (Å²) in [5, 5.41) is 0.802. The van der Waals surface area contributed by atoms with E-state index in [4.69, 9.17) is 9.15 Å². The van der Waals surface area contributed by atoms with Crippen LogP contribution in [0.25, 0.3) is 11.0 Å². The first-order valence-corrected chi connectivity index (χ1v) is 8.13. The highest BCUT2D eigenvalue weighted by atomic mass is 16.5. The van der Waals surface area contributed by atoms with Crippen LogP contribution < -0.4 is 10.4 Å². The van der Waals surface area contributed by atoms with Crippen LogP contribution in [0.15, 0.2) is 63.8 Å². The van der Waals surface area contributed by atoms with Gasteiger partial charge in [-0.3, -0.25) is 4.79 Å². The zero-order valence-electron chi connectivity index (χ0n) is 14.5. The molecule has 0 aliphatic carbocycles. The van der Waals surface area contributed by atoms with Crippen molar-refractivity contribution < 1.29 is 13.9 Å². The molecule has 1 heterocycles. The molecule has 0 saturated heterocycles. The highest BCUT2D eigenvalue weighted by Gasteiger charge is 2.14. The highest BCUT2D eigenvalue weighted by Crippen LogP contribution is 2.23. The van der Waals surface area contributed by atoms with Crippen LogP contribution in [-0.2, 0) is 5.41 Å². The molecule has 0 spiro atoms. The molecule has 0 amide bonds. The molecule has 1 aromatic heterocycles. The third-order valence-corrected chi connectivity index (χ3v) is 4.04. The molecule has 0 fully saturated rings. The summed E-state index contributed by atoms with van der Waals surface area (Å²) in [5.74, 6) is 0.386. The molecule has 0 atom stereocenters. The zero-order valence-corrected chi connectivity index (χ0v) is 14.5. The molecule has 0 N–H and O–H groups in total. The predicted octanol–water partition coefficient (Wildman–Crippen LogP) is 4.35. The lowest BCUT2D eigenvalue weighted by molar-refractivity contribution is 0.0921. The monoisotopic (exact) mass is 336 g/mol. The first kappa shape index (κ1) is 17.0. The summed E-state index contributed by atoms with van der Waals surface area (Å²) in [6, 6.07) is 15.8. The number of benzene rings is 2. The van der Waals surface area contributed by atoms with E-state index in [9.17, 15) is 9.59 Å².